The Morgan fingerprint density at radius 3 is 2.57 bits per heavy atom. The number of rotatable bonds is 6. The van der Waals surface area contributed by atoms with E-state index in [9.17, 15) is 9.59 Å². The van der Waals surface area contributed by atoms with Gasteiger partial charge in [-0.15, -0.1) is 0 Å². The lowest BCUT2D eigenvalue weighted by atomic mass is 10.4. The van der Waals surface area contributed by atoms with E-state index in [4.69, 9.17) is 10.6 Å². The Hall–Kier alpha value is -1.14. The van der Waals surface area contributed by atoms with Gasteiger partial charge in [0.2, 0.25) is 0 Å². The van der Waals surface area contributed by atoms with Crippen LogP contribution in [0.2, 0.25) is 0 Å². The smallest absolute Gasteiger partial charge is 0.323 e. The summed E-state index contributed by atoms with van der Waals surface area (Å²) in [4.78, 5) is 21.4. The maximum absolute atomic E-state index is 10.8. The molecule has 0 saturated carbocycles. The van der Waals surface area contributed by atoms with E-state index in [2.05, 4.69) is 12.2 Å². The predicted octanol–water partition coefficient (Wildman–Crippen LogP) is -1.09. The topological polar surface area (TPSA) is 93.4 Å². The minimum absolute atomic E-state index is 0.315. The monoisotopic (exact) mass is 203 g/mol. The van der Waals surface area contributed by atoms with Crippen LogP contribution < -0.4 is 16.6 Å². The molecule has 0 aromatic rings. The first-order valence-electron chi connectivity index (χ1n) is 4.58. The average molecular weight is 203 g/mol. The summed E-state index contributed by atoms with van der Waals surface area (Å²) in [5, 5.41) is 2.35. The average Bonchev–Trinajstić information content (AvgIpc) is 2.21. The van der Waals surface area contributed by atoms with Gasteiger partial charge in [0.1, 0.15) is 0 Å². The molecule has 0 aliphatic heterocycles. The van der Waals surface area contributed by atoms with E-state index >= 15 is 0 Å². The van der Waals surface area contributed by atoms with Crippen LogP contribution in [0.25, 0.3) is 0 Å². The summed E-state index contributed by atoms with van der Waals surface area (Å²) in [7, 11) is 0. The Morgan fingerprint density at radius 2 is 2.00 bits per heavy atom. The van der Waals surface area contributed by atoms with Crippen molar-refractivity contribution in [2.24, 2.45) is 5.84 Å². The first-order chi connectivity index (χ1) is 6.72. The number of carbonyl (C=O) groups is 2. The van der Waals surface area contributed by atoms with Crippen molar-refractivity contribution >= 4 is 11.8 Å². The third-order valence-electron chi connectivity index (χ3n) is 1.51. The number of hydrogen-bond donors (Lipinski definition) is 3. The molecular formula is C8H17N3O3. The molecular weight excluding hydrogens is 186 g/mol. The lowest BCUT2D eigenvalue weighted by molar-refractivity contribution is -0.139. The number of carbonyl (C=O) groups excluding carboxylic acids is 2. The first-order valence-corrected chi connectivity index (χ1v) is 4.58. The molecule has 0 rings (SSSR count). The Morgan fingerprint density at radius 1 is 1.29 bits per heavy atom. The largest absolute Gasteiger partial charge is 0.380 e. The van der Waals surface area contributed by atoms with Crippen molar-refractivity contribution < 1.29 is 14.3 Å². The van der Waals surface area contributed by atoms with Gasteiger partial charge in [-0.3, -0.25) is 15.0 Å². The zero-order chi connectivity index (χ0) is 10.8. The second-order valence-electron chi connectivity index (χ2n) is 2.70. The minimum atomic E-state index is -0.849. The number of nitrogens with one attached hydrogen (secondary N) is 2. The van der Waals surface area contributed by atoms with Crippen molar-refractivity contribution in [1.82, 2.24) is 10.7 Å². The highest BCUT2D eigenvalue weighted by molar-refractivity contribution is 6.34. The summed E-state index contributed by atoms with van der Waals surface area (Å²) in [5.74, 6) is 3.16. The van der Waals surface area contributed by atoms with Crippen molar-refractivity contribution in [3.05, 3.63) is 0 Å². The van der Waals surface area contributed by atoms with Crippen molar-refractivity contribution in [2.45, 2.75) is 19.8 Å². The number of hydrogen-bond acceptors (Lipinski definition) is 4. The van der Waals surface area contributed by atoms with Gasteiger partial charge in [0.15, 0.2) is 0 Å². The molecule has 0 aliphatic carbocycles. The Bertz CT molecular complexity index is 185. The molecule has 14 heavy (non-hydrogen) atoms. The molecule has 0 aromatic heterocycles. The maximum atomic E-state index is 10.8. The molecule has 6 nitrogen and oxygen atoms in total. The minimum Gasteiger partial charge on any atom is -0.380 e. The van der Waals surface area contributed by atoms with E-state index in [-0.39, 0.29) is 0 Å². The van der Waals surface area contributed by atoms with Crippen molar-refractivity contribution in [2.75, 3.05) is 19.8 Å². The molecule has 2 amide bonds. The number of amides is 2. The van der Waals surface area contributed by atoms with Gasteiger partial charge >= 0.3 is 11.8 Å². The zero-order valence-corrected chi connectivity index (χ0v) is 8.34. The maximum Gasteiger partial charge on any atom is 0.323 e. The van der Waals surface area contributed by atoms with Gasteiger partial charge in [-0.2, -0.15) is 0 Å². The van der Waals surface area contributed by atoms with Crippen molar-refractivity contribution in [3.8, 4) is 0 Å². The molecule has 0 aromatic carbocycles. The van der Waals surface area contributed by atoms with Gasteiger partial charge in [-0.25, -0.2) is 5.84 Å². The molecule has 0 spiro atoms. The van der Waals surface area contributed by atoms with E-state index in [1.807, 2.05) is 0 Å². The highest BCUT2D eigenvalue weighted by atomic mass is 16.5. The lowest BCUT2D eigenvalue weighted by Crippen LogP contribution is -2.44. The van der Waals surface area contributed by atoms with Crippen LogP contribution in [0, 0.1) is 0 Å². The summed E-state index contributed by atoms with van der Waals surface area (Å²) < 4.78 is 5.16. The summed E-state index contributed by atoms with van der Waals surface area (Å²) in [6.07, 6.45) is 2.07. The highest BCUT2D eigenvalue weighted by Gasteiger charge is 2.09. The van der Waals surface area contributed by atoms with Gasteiger partial charge in [-0.1, -0.05) is 13.3 Å². The number of unbranched alkanes of at least 4 members (excludes halogenated alkanes) is 1. The zero-order valence-electron chi connectivity index (χ0n) is 8.34. The fourth-order valence-electron chi connectivity index (χ4n) is 0.731. The van der Waals surface area contributed by atoms with Gasteiger partial charge in [0, 0.05) is 13.2 Å². The van der Waals surface area contributed by atoms with Crippen LogP contribution >= 0.6 is 0 Å². The second-order valence-corrected chi connectivity index (χ2v) is 2.70. The normalized spacial score (nSPS) is 9.57. The predicted molar refractivity (Wildman–Crippen MR) is 51.1 cm³/mol. The summed E-state index contributed by atoms with van der Waals surface area (Å²) >= 11 is 0. The molecule has 0 radical (unpaired) electrons. The quantitative estimate of drug-likeness (QED) is 0.168. The van der Waals surface area contributed by atoms with Crippen LogP contribution in [0.5, 0.6) is 0 Å². The van der Waals surface area contributed by atoms with Crippen molar-refractivity contribution in [3.63, 3.8) is 0 Å². The Labute approximate surface area is 83.1 Å². The van der Waals surface area contributed by atoms with Crippen LogP contribution in [-0.2, 0) is 14.3 Å². The van der Waals surface area contributed by atoms with Crippen LogP contribution in [0.1, 0.15) is 19.8 Å². The summed E-state index contributed by atoms with van der Waals surface area (Å²) in [5.41, 5.74) is 1.73. The summed E-state index contributed by atoms with van der Waals surface area (Å²) in [6, 6.07) is 0. The third-order valence-corrected chi connectivity index (χ3v) is 1.51. The molecule has 0 aliphatic rings. The second kappa shape index (κ2) is 8.46. The van der Waals surface area contributed by atoms with E-state index in [1.54, 1.807) is 5.43 Å². The van der Waals surface area contributed by atoms with Crippen LogP contribution in [0.3, 0.4) is 0 Å². The number of ether oxygens (including phenoxy) is 1. The van der Waals surface area contributed by atoms with Crippen LogP contribution in [0.4, 0.5) is 0 Å². The summed E-state index contributed by atoms with van der Waals surface area (Å²) in [6.45, 7) is 3.46. The van der Waals surface area contributed by atoms with E-state index < -0.39 is 11.8 Å². The van der Waals surface area contributed by atoms with Gasteiger partial charge in [0.05, 0.1) is 6.61 Å². The molecule has 6 heteroatoms. The molecule has 0 heterocycles. The SMILES string of the molecule is CCCCOCCNC(=O)C(=O)NN. The van der Waals surface area contributed by atoms with Gasteiger partial charge in [-0.05, 0) is 6.42 Å². The van der Waals surface area contributed by atoms with Gasteiger partial charge < -0.3 is 10.1 Å². The molecule has 0 atom stereocenters. The Kier molecular flexibility index (Phi) is 7.77. The fourth-order valence-corrected chi connectivity index (χ4v) is 0.731. The van der Waals surface area contributed by atoms with Gasteiger partial charge in [0.25, 0.3) is 0 Å². The molecule has 4 N–H and O–H groups in total. The fraction of sp³-hybridized carbons (Fsp3) is 0.750. The van der Waals surface area contributed by atoms with E-state index in [1.165, 1.54) is 0 Å². The molecule has 0 saturated heterocycles. The molecule has 0 bridgehead atoms. The first kappa shape index (κ1) is 12.9. The number of nitrogens with two attached hydrogens (primary N) is 1. The molecule has 0 unspecified atom stereocenters. The highest BCUT2D eigenvalue weighted by Crippen LogP contribution is 1.86. The third kappa shape index (κ3) is 6.38. The van der Waals surface area contributed by atoms with E-state index in [0.717, 1.165) is 12.8 Å². The lowest BCUT2D eigenvalue weighted by Gasteiger charge is -2.04. The van der Waals surface area contributed by atoms with Crippen LogP contribution in [-0.4, -0.2) is 31.6 Å². The van der Waals surface area contributed by atoms with E-state index in [0.29, 0.717) is 19.8 Å². The molecule has 82 valence electrons. The van der Waals surface area contributed by atoms with Crippen molar-refractivity contribution in [1.29, 1.82) is 0 Å². The Balaban J connectivity index is 3.27. The standard InChI is InChI=1S/C8H17N3O3/c1-2-3-5-14-6-4-10-7(12)8(13)11-9/h2-6,9H2,1H3,(H,10,12)(H,11,13). The number of hydrazine groups is 1. The van der Waals surface area contributed by atoms with Crippen LogP contribution in [0.15, 0.2) is 0 Å². The molecule has 0 fully saturated rings.